The van der Waals surface area contributed by atoms with Crippen molar-refractivity contribution in [1.29, 1.82) is 0 Å². The Hall–Kier alpha value is -1.15. The predicted octanol–water partition coefficient (Wildman–Crippen LogP) is 1.88. The first-order chi connectivity index (χ1) is 14.0. The molecule has 0 aromatic heterocycles. The summed E-state index contributed by atoms with van der Waals surface area (Å²) in [5.74, 6) is 2.16. The number of hydrogen-bond acceptors (Lipinski definition) is 4. The average Bonchev–Trinajstić information content (AvgIpc) is 2.63. The van der Waals surface area contributed by atoms with Crippen LogP contribution < -0.4 is 10.0 Å². The molecule has 0 radical (unpaired) electrons. The molecule has 2 amide bonds. The summed E-state index contributed by atoms with van der Waals surface area (Å²) in [5.41, 5.74) is -0.255. The van der Waals surface area contributed by atoms with Crippen LogP contribution >= 0.6 is 0 Å². The van der Waals surface area contributed by atoms with E-state index in [1.165, 1.54) is 25.5 Å². The van der Waals surface area contributed by atoms with Crippen LogP contribution in [0, 0.1) is 29.1 Å². The van der Waals surface area contributed by atoms with E-state index < -0.39 is 16.1 Å². The first kappa shape index (κ1) is 22.1. The van der Waals surface area contributed by atoms with E-state index in [-0.39, 0.29) is 29.2 Å². The number of carbonyl (C=O) groups excluding carboxylic acids is 2. The van der Waals surface area contributed by atoms with Crippen LogP contribution in [0.4, 0.5) is 0 Å². The monoisotopic (exact) mass is 439 g/mol. The summed E-state index contributed by atoms with van der Waals surface area (Å²) in [6.07, 6.45) is 9.21. The minimum Gasteiger partial charge on any atom is -0.344 e. The first-order valence-corrected chi connectivity index (χ1v) is 13.5. The Morgan fingerprint density at radius 2 is 1.47 bits per heavy atom. The van der Waals surface area contributed by atoms with Crippen molar-refractivity contribution >= 4 is 21.8 Å². The molecule has 8 heteroatoms. The molecule has 4 aliphatic carbocycles. The highest BCUT2D eigenvalue weighted by atomic mass is 32.2. The Bertz CT molecular complexity index is 751. The summed E-state index contributed by atoms with van der Waals surface area (Å²) in [6.45, 7) is 5.01. The smallest absolute Gasteiger partial charge is 0.245 e. The summed E-state index contributed by atoms with van der Waals surface area (Å²) < 4.78 is 25.6. The fourth-order valence-electron chi connectivity index (χ4n) is 6.91. The number of piperidine rings is 1. The van der Waals surface area contributed by atoms with Crippen LogP contribution in [0.15, 0.2) is 0 Å². The number of sulfonamides is 1. The zero-order chi connectivity index (χ0) is 21.7. The molecule has 1 heterocycles. The number of rotatable bonds is 6. The van der Waals surface area contributed by atoms with Gasteiger partial charge >= 0.3 is 0 Å². The van der Waals surface area contributed by atoms with E-state index in [1.807, 2.05) is 13.8 Å². The maximum Gasteiger partial charge on any atom is 0.245 e. The Kier molecular flexibility index (Phi) is 5.94. The van der Waals surface area contributed by atoms with Gasteiger partial charge in [-0.2, -0.15) is 0 Å². The molecule has 1 atom stereocenters. The molecule has 30 heavy (non-hydrogen) atoms. The lowest BCUT2D eigenvalue weighted by Crippen LogP contribution is -2.59. The third-order valence-corrected chi connectivity index (χ3v) is 8.69. The second kappa shape index (κ2) is 8.08. The van der Waals surface area contributed by atoms with Gasteiger partial charge < -0.3 is 10.2 Å². The molecule has 4 saturated carbocycles. The van der Waals surface area contributed by atoms with Crippen LogP contribution in [-0.2, 0) is 19.6 Å². The van der Waals surface area contributed by atoms with Crippen molar-refractivity contribution in [2.75, 3.05) is 19.3 Å². The number of nitrogens with one attached hydrogen (secondary N) is 2. The van der Waals surface area contributed by atoms with Crippen LogP contribution in [0.5, 0.6) is 0 Å². The van der Waals surface area contributed by atoms with Gasteiger partial charge in [-0.15, -0.1) is 0 Å². The predicted molar refractivity (Wildman–Crippen MR) is 115 cm³/mol. The van der Waals surface area contributed by atoms with Gasteiger partial charge in [0.1, 0.15) is 6.04 Å². The molecule has 4 bridgehead atoms. The first-order valence-electron chi connectivity index (χ1n) is 11.6. The highest BCUT2D eigenvalue weighted by Gasteiger charge is 2.55. The largest absolute Gasteiger partial charge is 0.344 e. The molecule has 1 aliphatic heterocycles. The number of likely N-dealkylation sites (tertiary alicyclic amines) is 1. The second-order valence-corrected chi connectivity index (χ2v) is 12.7. The van der Waals surface area contributed by atoms with E-state index in [2.05, 4.69) is 10.0 Å². The Labute approximate surface area is 180 Å². The van der Waals surface area contributed by atoms with Crippen LogP contribution in [0.3, 0.4) is 0 Å². The van der Waals surface area contributed by atoms with Crippen LogP contribution in [0.2, 0.25) is 0 Å². The van der Waals surface area contributed by atoms with Gasteiger partial charge in [0.25, 0.3) is 0 Å². The molecule has 0 spiro atoms. The highest BCUT2D eigenvalue weighted by Crippen LogP contribution is 2.60. The van der Waals surface area contributed by atoms with Crippen molar-refractivity contribution in [1.82, 2.24) is 14.9 Å². The van der Waals surface area contributed by atoms with Gasteiger partial charge in [0.2, 0.25) is 21.8 Å². The number of carbonyl (C=O) groups is 2. The van der Waals surface area contributed by atoms with Crippen molar-refractivity contribution in [2.24, 2.45) is 29.1 Å². The summed E-state index contributed by atoms with van der Waals surface area (Å²) >= 11 is 0. The van der Waals surface area contributed by atoms with Crippen LogP contribution in [-0.4, -0.2) is 56.6 Å². The molecule has 5 fully saturated rings. The van der Waals surface area contributed by atoms with Gasteiger partial charge in [-0.3, -0.25) is 9.59 Å². The maximum atomic E-state index is 13.4. The zero-order valence-corrected chi connectivity index (χ0v) is 19.3. The van der Waals surface area contributed by atoms with Gasteiger partial charge in [-0.25, -0.2) is 13.1 Å². The molecular formula is C22H37N3O4S. The van der Waals surface area contributed by atoms with Crippen molar-refractivity contribution < 1.29 is 18.0 Å². The summed E-state index contributed by atoms with van der Waals surface area (Å²) in [5, 5.41) is 3.18. The number of nitrogens with zero attached hydrogens (tertiary/aromatic N) is 1. The lowest BCUT2D eigenvalue weighted by atomic mass is 9.49. The Morgan fingerprint density at radius 3 is 1.90 bits per heavy atom. The highest BCUT2D eigenvalue weighted by molar-refractivity contribution is 7.88. The fraction of sp³-hybridized carbons (Fsp3) is 0.909. The average molecular weight is 440 g/mol. The lowest BCUT2D eigenvalue weighted by Gasteiger charge is -2.56. The van der Waals surface area contributed by atoms with E-state index in [0.29, 0.717) is 43.7 Å². The molecule has 5 rings (SSSR count). The molecule has 7 nitrogen and oxygen atoms in total. The lowest BCUT2D eigenvalue weighted by molar-refractivity contribution is -0.151. The molecule has 0 aromatic rings. The normalized spacial score (nSPS) is 34.9. The summed E-state index contributed by atoms with van der Waals surface area (Å²) in [4.78, 5) is 28.5. The Morgan fingerprint density at radius 1 is 0.967 bits per heavy atom. The van der Waals surface area contributed by atoms with Gasteiger partial charge in [-0.05, 0) is 75.0 Å². The van der Waals surface area contributed by atoms with Gasteiger partial charge in [0.05, 0.1) is 6.26 Å². The van der Waals surface area contributed by atoms with Crippen LogP contribution in [0.1, 0.15) is 65.2 Å². The van der Waals surface area contributed by atoms with Gasteiger partial charge in [0.15, 0.2) is 0 Å². The topological polar surface area (TPSA) is 95.6 Å². The third kappa shape index (κ3) is 4.54. The molecule has 2 N–H and O–H groups in total. The molecule has 5 aliphatic rings. The minimum atomic E-state index is -3.24. The molecule has 0 aromatic carbocycles. The SMILES string of the molecule is CC(C)C(NC(=O)C12CC3CC(CC(C3)C1)C2)C(=O)N1CCC(NS(C)(=O)=O)CC1. The minimum absolute atomic E-state index is 0.0160. The fourth-order valence-corrected chi connectivity index (χ4v) is 7.75. The standard InChI is InChI=1S/C22H37N3O4S/c1-14(2)19(20(26)25-6-4-18(5-7-25)24-30(3,28)29)23-21(27)22-11-15-8-16(12-22)10-17(9-15)13-22/h14-19,24H,4-13H2,1-3H3,(H,23,27). The molecule has 1 unspecified atom stereocenters. The maximum absolute atomic E-state index is 13.4. The summed E-state index contributed by atoms with van der Waals surface area (Å²) in [6, 6.07) is -0.631. The van der Waals surface area contributed by atoms with Gasteiger partial charge in [-0.1, -0.05) is 13.8 Å². The second-order valence-electron chi connectivity index (χ2n) is 10.9. The Balaban J connectivity index is 1.38. The van der Waals surface area contributed by atoms with Gasteiger partial charge in [0, 0.05) is 24.5 Å². The van der Waals surface area contributed by atoms with Crippen LogP contribution in [0.25, 0.3) is 0 Å². The molecular weight excluding hydrogens is 402 g/mol. The van der Waals surface area contributed by atoms with E-state index >= 15 is 0 Å². The van der Waals surface area contributed by atoms with E-state index in [1.54, 1.807) is 4.90 Å². The van der Waals surface area contributed by atoms with Crippen molar-refractivity contribution in [3.63, 3.8) is 0 Å². The van der Waals surface area contributed by atoms with Crippen molar-refractivity contribution in [2.45, 2.75) is 77.3 Å². The number of hydrogen-bond donors (Lipinski definition) is 2. The number of amides is 2. The van der Waals surface area contributed by atoms with Crippen molar-refractivity contribution in [3.8, 4) is 0 Å². The van der Waals surface area contributed by atoms with Crippen molar-refractivity contribution in [3.05, 3.63) is 0 Å². The zero-order valence-electron chi connectivity index (χ0n) is 18.5. The third-order valence-electron chi connectivity index (χ3n) is 7.93. The molecule has 170 valence electrons. The van der Waals surface area contributed by atoms with E-state index in [9.17, 15) is 18.0 Å². The quantitative estimate of drug-likeness (QED) is 0.661. The molecule has 1 saturated heterocycles. The van der Waals surface area contributed by atoms with E-state index in [4.69, 9.17) is 0 Å². The summed E-state index contributed by atoms with van der Waals surface area (Å²) in [7, 11) is -3.24. The van der Waals surface area contributed by atoms with E-state index in [0.717, 1.165) is 19.3 Å².